The lowest BCUT2D eigenvalue weighted by Crippen LogP contribution is -2.42. The highest BCUT2D eigenvalue weighted by Crippen LogP contribution is 1.97. The monoisotopic (exact) mass is 327 g/mol. The van der Waals surface area contributed by atoms with Crippen LogP contribution in [0.5, 0.6) is 0 Å². The smallest absolute Gasteiger partial charge is 0.243 e. The molecular formula is C16H33N5O2. The molecule has 2 N–H and O–H groups in total. The van der Waals surface area contributed by atoms with E-state index in [2.05, 4.69) is 34.4 Å². The maximum absolute atomic E-state index is 11.7. The van der Waals surface area contributed by atoms with Crippen molar-refractivity contribution < 1.29 is 9.53 Å². The molecular weight excluding hydrogens is 294 g/mol. The van der Waals surface area contributed by atoms with E-state index in [1.807, 2.05) is 0 Å². The van der Waals surface area contributed by atoms with Gasteiger partial charge in [0.25, 0.3) is 0 Å². The summed E-state index contributed by atoms with van der Waals surface area (Å²) in [6, 6.07) is 0. The normalized spacial score (nSPS) is 16.5. The standard InChI is InChI=1S/C16H33N5O2/c1-14(2)12-18-16(19-13-15(22)20(3)4)17-6-5-7-21-8-10-23-11-9-21/h14H,5-13H2,1-4H3,(H2,17,18,19). The summed E-state index contributed by atoms with van der Waals surface area (Å²) in [4.78, 5) is 20.0. The number of aliphatic imine (C=N–C) groups is 1. The highest BCUT2D eigenvalue weighted by molar-refractivity contribution is 5.84. The topological polar surface area (TPSA) is 69.2 Å². The molecule has 0 spiro atoms. The molecule has 1 saturated heterocycles. The van der Waals surface area contributed by atoms with Gasteiger partial charge >= 0.3 is 0 Å². The molecule has 1 aliphatic heterocycles. The maximum Gasteiger partial charge on any atom is 0.243 e. The molecule has 0 bridgehead atoms. The van der Waals surface area contributed by atoms with Gasteiger partial charge in [0.1, 0.15) is 6.54 Å². The Labute approximate surface area is 140 Å². The lowest BCUT2D eigenvalue weighted by atomic mass is 10.2. The van der Waals surface area contributed by atoms with Gasteiger partial charge < -0.3 is 20.3 Å². The average molecular weight is 327 g/mol. The average Bonchev–Trinajstić information content (AvgIpc) is 2.53. The molecule has 1 heterocycles. The SMILES string of the molecule is CC(C)CNC(=NCC(=O)N(C)C)NCCCN1CCOCC1. The molecule has 0 aromatic heterocycles. The summed E-state index contributed by atoms with van der Waals surface area (Å²) < 4.78 is 5.35. The van der Waals surface area contributed by atoms with Crippen molar-refractivity contribution in [2.45, 2.75) is 20.3 Å². The van der Waals surface area contributed by atoms with Crippen molar-refractivity contribution in [2.75, 3.05) is 66.6 Å². The molecule has 0 aliphatic carbocycles. The summed E-state index contributed by atoms with van der Waals surface area (Å²) in [5, 5.41) is 6.61. The molecule has 0 aromatic rings. The Bertz CT molecular complexity index is 365. The quantitative estimate of drug-likeness (QED) is 0.373. The number of amides is 1. The van der Waals surface area contributed by atoms with Gasteiger partial charge in [-0.2, -0.15) is 0 Å². The number of guanidine groups is 1. The summed E-state index contributed by atoms with van der Waals surface area (Å²) >= 11 is 0. The van der Waals surface area contributed by atoms with E-state index >= 15 is 0 Å². The number of likely N-dealkylation sites (N-methyl/N-ethyl adjacent to an activating group) is 1. The highest BCUT2D eigenvalue weighted by atomic mass is 16.5. The second-order valence-electron chi connectivity index (χ2n) is 6.46. The zero-order valence-electron chi connectivity index (χ0n) is 15.1. The Hall–Kier alpha value is -1.34. The van der Waals surface area contributed by atoms with Gasteiger partial charge in [-0.25, -0.2) is 4.99 Å². The van der Waals surface area contributed by atoms with E-state index in [1.54, 1.807) is 19.0 Å². The van der Waals surface area contributed by atoms with Crippen LogP contribution in [-0.4, -0.2) is 88.2 Å². The first-order valence-electron chi connectivity index (χ1n) is 8.51. The number of morpholine rings is 1. The number of hydrogen-bond acceptors (Lipinski definition) is 4. The summed E-state index contributed by atoms with van der Waals surface area (Å²) in [6.07, 6.45) is 1.05. The van der Waals surface area contributed by atoms with Crippen molar-refractivity contribution in [3.63, 3.8) is 0 Å². The predicted molar refractivity (Wildman–Crippen MR) is 93.7 cm³/mol. The Morgan fingerprint density at radius 3 is 2.57 bits per heavy atom. The van der Waals surface area contributed by atoms with Crippen LogP contribution in [0.2, 0.25) is 0 Å². The molecule has 1 amide bonds. The Balaban J connectivity index is 2.32. The van der Waals surface area contributed by atoms with E-state index in [-0.39, 0.29) is 12.5 Å². The fourth-order valence-electron chi connectivity index (χ4n) is 2.10. The molecule has 0 aromatic carbocycles. The first-order valence-corrected chi connectivity index (χ1v) is 8.51. The molecule has 0 atom stereocenters. The molecule has 134 valence electrons. The van der Waals surface area contributed by atoms with Crippen molar-refractivity contribution in [1.82, 2.24) is 20.4 Å². The number of rotatable bonds is 8. The van der Waals surface area contributed by atoms with Gasteiger partial charge in [-0.05, 0) is 18.9 Å². The molecule has 0 radical (unpaired) electrons. The minimum atomic E-state index is 0.00367. The number of nitrogens with zero attached hydrogens (tertiary/aromatic N) is 3. The van der Waals surface area contributed by atoms with E-state index in [9.17, 15) is 4.79 Å². The largest absolute Gasteiger partial charge is 0.379 e. The fourth-order valence-corrected chi connectivity index (χ4v) is 2.10. The third-order valence-corrected chi connectivity index (χ3v) is 3.60. The van der Waals surface area contributed by atoms with Gasteiger partial charge in [0.15, 0.2) is 5.96 Å². The lowest BCUT2D eigenvalue weighted by Gasteiger charge is -2.26. The van der Waals surface area contributed by atoms with Crippen LogP contribution in [0.4, 0.5) is 0 Å². The van der Waals surface area contributed by atoms with Gasteiger partial charge in [-0.15, -0.1) is 0 Å². The number of ether oxygens (including phenoxy) is 1. The number of carbonyl (C=O) groups excluding carboxylic acids is 1. The third kappa shape index (κ3) is 9.40. The third-order valence-electron chi connectivity index (χ3n) is 3.60. The predicted octanol–water partition coefficient (Wildman–Crippen LogP) is -0.0119. The lowest BCUT2D eigenvalue weighted by molar-refractivity contribution is -0.127. The molecule has 1 aliphatic rings. The Kier molecular flexibility index (Phi) is 9.63. The Morgan fingerprint density at radius 1 is 1.26 bits per heavy atom. The van der Waals surface area contributed by atoms with Gasteiger partial charge in [-0.3, -0.25) is 9.69 Å². The van der Waals surface area contributed by atoms with Gasteiger partial charge in [-0.1, -0.05) is 13.8 Å². The van der Waals surface area contributed by atoms with E-state index in [4.69, 9.17) is 4.74 Å². The number of carbonyl (C=O) groups is 1. The maximum atomic E-state index is 11.7. The van der Waals surface area contributed by atoms with Crippen molar-refractivity contribution in [2.24, 2.45) is 10.9 Å². The summed E-state index contributed by atoms with van der Waals surface area (Å²) in [7, 11) is 3.49. The molecule has 1 rings (SSSR count). The van der Waals surface area contributed by atoms with Crippen LogP contribution in [0.25, 0.3) is 0 Å². The second kappa shape index (κ2) is 11.2. The highest BCUT2D eigenvalue weighted by Gasteiger charge is 2.09. The van der Waals surface area contributed by atoms with Crippen LogP contribution in [0, 0.1) is 5.92 Å². The summed E-state index contributed by atoms with van der Waals surface area (Å²) in [5.41, 5.74) is 0. The van der Waals surface area contributed by atoms with E-state index < -0.39 is 0 Å². The molecule has 1 fully saturated rings. The minimum absolute atomic E-state index is 0.00367. The first-order chi connectivity index (χ1) is 11.0. The van der Waals surface area contributed by atoms with E-state index in [1.165, 1.54) is 0 Å². The van der Waals surface area contributed by atoms with Crippen LogP contribution < -0.4 is 10.6 Å². The van der Waals surface area contributed by atoms with Gasteiger partial charge in [0, 0.05) is 40.3 Å². The zero-order chi connectivity index (χ0) is 17.1. The van der Waals surface area contributed by atoms with Gasteiger partial charge in [0.05, 0.1) is 13.2 Å². The zero-order valence-corrected chi connectivity index (χ0v) is 15.1. The first kappa shape index (κ1) is 19.7. The van der Waals surface area contributed by atoms with Crippen LogP contribution in [0.15, 0.2) is 4.99 Å². The van der Waals surface area contributed by atoms with Crippen LogP contribution in [-0.2, 0) is 9.53 Å². The van der Waals surface area contributed by atoms with Crippen LogP contribution in [0.3, 0.4) is 0 Å². The Morgan fingerprint density at radius 2 is 1.96 bits per heavy atom. The van der Waals surface area contributed by atoms with Crippen molar-refractivity contribution in [3.8, 4) is 0 Å². The van der Waals surface area contributed by atoms with Crippen molar-refractivity contribution >= 4 is 11.9 Å². The van der Waals surface area contributed by atoms with Crippen molar-refractivity contribution in [3.05, 3.63) is 0 Å². The number of hydrogen-bond donors (Lipinski definition) is 2. The fraction of sp³-hybridized carbons (Fsp3) is 0.875. The molecule has 7 nitrogen and oxygen atoms in total. The molecule has 0 unspecified atom stereocenters. The molecule has 23 heavy (non-hydrogen) atoms. The summed E-state index contributed by atoms with van der Waals surface area (Å²) in [6.45, 7) is 10.9. The number of nitrogens with one attached hydrogen (secondary N) is 2. The molecule has 7 heteroatoms. The second-order valence-corrected chi connectivity index (χ2v) is 6.46. The van der Waals surface area contributed by atoms with Crippen LogP contribution in [0.1, 0.15) is 20.3 Å². The summed E-state index contributed by atoms with van der Waals surface area (Å²) in [5.74, 6) is 1.25. The van der Waals surface area contributed by atoms with E-state index in [0.717, 1.165) is 58.3 Å². The van der Waals surface area contributed by atoms with Gasteiger partial charge in [0.2, 0.25) is 5.91 Å². The minimum Gasteiger partial charge on any atom is -0.379 e. The van der Waals surface area contributed by atoms with Crippen LogP contribution >= 0.6 is 0 Å². The molecule has 0 saturated carbocycles. The van der Waals surface area contributed by atoms with Crippen molar-refractivity contribution in [1.29, 1.82) is 0 Å². The van der Waals surface area contributed by atoms with E-state index in [0.29, 0.717) is 5.92 Å².